The maximum absolute atomic E-state index is 11.6. The molecule has 1 saturated carbocycles. The van der Waals surface area contributed by atoms with E-state index in [-0.39, 0.29) is 5.03 Å². The SMILES string of the molecule is CC12C=C(Cl)C(Cl)([C@H](C(=O)O)[C@@H]1C(=O)O)[C@@H](C(=O)O)[C@H]2C(=O)O. The number of fused-ring (bicyclic) bond motifs is 2. The van der Waals surface area contributed by atoms with Gasteiger partial charge in [0.25, 0.3) is 0 Å². The van der Waals surface area contributed by atoms with Gasteiger partial charge in [0, 0.05) is 10.4 Å². The molecule has 0 amide bonds. The standard InChI is InChI=1S/C13H12Cl2O8/c1-12-2-3(14)13(15,6(10(20)21)4(12)8(16)17)7(11(22)23)5(12)9(18)19/h2,4-7H,1H3,(H,16,17)(H,18,19)(H,20,21)(H,22,23)/t4-,5+,6+,7-,12?,13?. The molecule has 2 unspecified atom stereocenters. The van der Waals surface area contributed by atoms with Crippen molar-refractivity contribution in [2.75, 3.05) is 0 Å². The Hall–Kier alpha value is -1.80. The van der Waals surface area contributed by atoms with Crippen LogP contribution >= 0.6 is 23.2 Å². The fourth-order valence-electron chi connectivity index (χ4n) is 3.91. The average molecular weight is 367 g/mol. The lowest BCUT2D eigenvalue weighted by atomic mass is 9.46. The van der Waals surface area contributed by atoms with E-state index < -0.39 is 57.8 Å². The number of hydrogen-bond acceptors (Lipinski definition) is 4. The quantitative estimate of drug-likeness (QED) is 0.536. The summed E-state index contributed by atoms with van der Waals surface area (Å²) in [4.78, 5) is 44.1. The highest BCUT2D eigenvalue weighted by Crippen LogP contribution is 2.66. The molecule has 2 bridgehead atoms. The van der Waals surface area contributed by atoms with E-state index >= 15 is 0 Å². The van der Waals surface area contributed by atoms with Gasteiger partial charge in [-0.1, -0.05) is 24.6 Å². The molecule has 1 fully saturated rings. The molecule has 0 spiro atoms. The topological polar surface area (TPSA) is 149 Å². The summed E-state index contributed by atoms with van der Waals surface area (Å²) in [5.74, 6) is -13.7. The van der Waals surface area contributed by atoms with Crippen molar-refractivity contribution in [2.24, 2.45) is 29.1 Å². The summed E-state index contributed by atoms with van der Waals surface area (Å²) < 4.78 is 0. The summed E-state index contributed by atoms with van der Waals surface area (Å²) in [7, 11) is 0. The summed E-state index contributed by atoms with van der Waals surface area (Å²) >= 11 is 12.2. The van der Waals surface area contributed by atoms with Gasteiger partial charge >= 0.3 is 23.9 Å². The first-order chi connectivity index (χ1) is 10.4. The van der Waals surface area contributed by atoms with Crippen LogP contribution in [-0.2, 0) is 19.2 Å². The van der Waals surface area contributed by atoms with E-state index in [1.165, 1.54) is 6.92 Å². The molecule has 4 N–H and O–H groups in total. The smallest absolute Gasteiger partial charge is 0.309 e. The van der Waals surface area contributed by atoms with E-state index in [2.05, 4.69) is 0 Å². The number of rotatable bonds is 4. The van der Waals surface area contributed by atoms with Crippen LogP contribution in [-0.4, -0.2) is 49.2 Å². The normalized spacial score (nSPS) is 42.0. The molecular weight excluding hydrogens is 355 g/mol. The molecule has 0 heterocycles. The van der Waals surface area contributed by atoms with Crippen molar-refractivity contribution in [3.05, 3.63) is 11.1 Å². The Morgan fingerprint density at radius 3 is 1.43 bits per heavy atom. The molecule has 3 aliphatic rings. The third kappa shape index (κ3) is 2.05. The molecular formula is C13H12Cl2O8. The Kier molecular flexibility index (Phi) is 3.89. The van der Waals surface area contributed by atoms with Gasteiger partial charge in [0.2, 0.25) is 0 Å². The number of allylic oxidation sites excluding steroid dienone is 2. The van der Waals surface area contributed by atoms with Gasteiger partial charge in [0.05, 0.1) is 23.7 Å². The van der Waals surface area contributed by atoms with Crippen LogP contribution in [0.5, 0.6) is 0 Å². The summed E-state index contributed by atoms with van der Waals surface area (Å²) in [6.45, 7) is 1.18. The van der Waals surface area contributed by atoms with Gasteiger partial charge in [-0.05, 0) is 0 Å². The van der Waals surface area contributed by atoms with Gasteiger partial charge in [0.1, 0.15) is 4.87 Å². The predicted octanol–water partition coefficient (Wildman–Crippen LogP) is 0.923. The lowest BCUT2D eigenvalue weighted by molar-refractivity contribution is -0.184. The number of aliphatic carboxylic acids is 4. The number of carboxylic acids is 4. The summed E-state index contributed by atoms with van der Waals surface area (Å²) in [6.07, 6.45) is 1.07. The van der Waals surface area contributed by atoms with Crippen molar-refractivity contribution >= 4 is 47.1 Å². The molecule has 0 radical (unpaired) electrons. The van der Waals surface area contributed by atoms with Crippen molar-refractivity contribution in [3.63, 3.8) is 0 Å². The first kappa shape index (κ1) is 17.6. The highest BCUT2D eigenvalue weighted by molar-refractivity contribution is 6.42. The van der Waals surface area contributed by atoms with Crippen molar-refractivity contribution in [1.29, 1.82) is 0 Å². The zero-order valence-corrected chi connectivity index (χ0v) is 13.1. The summed E-state index contributed by atoms with van der Waals surface area (Å²) in [5.41, 5.74) is -1.82. The summed E-state index contributed by atoms with van der Waals surface area (Å²) in [5, 5.41) is 37.4. The monoisotopic (exact) mass is 366 g/mol. The number of hydrogen-bond donors (Lipinski definition) is 4. The zero-order valence-electron chi connectivity index (χ0n) is 11.6. The van der Waals surface area contributed by atoms with Gasteiger partial charge in [-0.15, -0.1) is 11.6 Å². The van der Waals surface area contributed by atoms with Crippen LogP contribution in [0.4, 0.5) is 0 Å². The maximum atomic E-state index is 11.6. The largest absolute Gasteiger partial charge is 0.481 e. The van der Waals surface area contributed by atoms with Gasteiger partial charge in [0.15, 0.2) is 0 Å². The fraction of sp³-hybridized carbons (Fsp3) is 0.538. The van der Waals surface area contributed by atoms with Crippen LogP contribution in [0.25, 0.3) is 0 Å². The van der Waals surface area contributed by atoms with E-state index in [1.807, 2.05) is 0 Å². The third-order valence-corrected chi connectivity index (χ3v) is 5.97. The first-order valence-corrected chi connectivity index (χ1v) is 7.15. The Morgan fingerprint density at radius 1 is 0.870 bits per heavy atom. The lowest BCUT2D eigenvalue weighted by Gasteiger charge is -2.58. The molecule has 0 aromatic heterocycles. The van der Waals surface area contributed by atoms with Crippen molar-refractivity contribution < 1.29 is 39.6 Å². The van der Waals surface area contributed by atoms with Crippen LogP contribution in [0.1, 0.15) is 6.92 Å². The maximum Gasteiger partial charge on any atom is 0.309 e. The molecule has 3 rings (SSSR count). The Labute approximate surface area is 139 Å². The number of alkyl halides is 1. The van der Waals surface area contributed by atoms with Crippen LogP contribution in [0.15, 0.2) is 11.1 Å². The highest BCUT2D eigenvalue weighted by Gasteiger charge is 2.74. The third-order valence-electron chi connectivity index (χ3n) is 4.78. The molecule has 0 aromatic rings. The predicted molar refractivity (Wildman–Crippen MR) is 75.1 cm³/mol. The van der Waals surface area contributed by atoms with Crippen molar-refractivity contribution in [1.82, 2.24) is 0 Å². The van der Waals surface area contributed by atoms with Gasteiger partial charge in [-0.25, -0.2) is 0 Å². The van der Waals surface area contributed by atoms with Crippen LogP contribution in [0.2, 0.25) is 0 Å². The van der Waals surface area contributed by atoms with E-state index in [1.54, 1.807) is 0 Å². The fourth-order valence-corrected chi connectivity index (χ4v) is 4.88. The number of halogens is 2. The van der Waals surface area contributed by atoms with Gasteiger partial charge in [-0.2, -0.15) is 0 Å². The average Bonchev–Trinajstić information content (AvgIpc) is 2.36. The van der Waals surface area contributed by atoms with Gasteiger partial charge in [-0.3, -0.25) is 19.2 Å². The van der Waals surface area contributed by atoms with Crippen LogP contribution < -0.4 is 0 Å². The number of carboxylic acid groups (broad SMARTS) is 4. The molecule has 0 saturated heterocycles. The Balaban J connectivity index is 2.88. The van der Waals surface area contributed by atoms with Crippen LogP contribution in [0, 0.1) is 29.1 Å². The summed E-state index contributed by atoms with van der Waals surface area (Å²) in [6, 6.07) is 0. The molecule has 10 heteroatoms. The first-order valence-electron chi connectivity index (χ1n) is 6.39. The van der Waals surface area contributed by atoms with E-state index in [4.69, 9.17) is 23.2 Å². The second kappa shape index (κ2) is 5.10. The zero-order chi connectivity index (χ0) is 17.9. The number of carbonyl (C=O) groups is 4. The van der Waals surface area contributed by atoms with E-state index in [0.717, 1.165) is 6.08 Å². The lowest BCUT2D eigenvalue weighted by Crippen LogP contribution is -2.69. The van der Waals surface area contributed by atoms with E-state index in [9.17, 15) is 39.6 Å². The minimum Gasteiger partial charge on any atom is -0.481 e. The molecule has 0 aromatic carbocycles. The van der Waals surface area contributed by atoms with Crippen molar-refractivity contribution in [3.8, 4) is 0 Å². The molecule has 6 atom stereocenters. The molecule has 8 nitrogen and oxygen atoms in total. The molecule has 0 aliphatic heterocycles. The second-order valence-corrected chi connectivity index (χ2v) is 6.92. The Morgan fingerprint density at radius 2 is 1.17 bits per heavy atom. The van der Waals surface area contributed by atoms with E-state index in [0.29, 0.717) is 0 Å². The second-order valence-electron chi connectivity index (χ2n) is 5.89. The highest BCUT2D eigenvalue weighted by atomic mass is 35.5. The molecule has 3 aliphatic carbocycles. The minimum absolute atomic E-state index is 0.364. The Bertz CT molecular complexity index is 614. The molecule has 126 valence electrons. The van der Waals surface area contributed by atoms with Gasteiger partial charge < -0.3 is 20.4 Å². The minimum atomic E-state index is -2.36. The van der Waals surface area contributed by atoms with Crippen LogP contribution in [0.3, 0.4) is 0 Å². The van der Waals surface area contributed by atoms with Crippen molar-refractivity contribution in [2.45, 2.75) is 11.8 Å². The molecule has 23 heavy (non-hydrogen) atoms.